The van der Waals surface area contributed by atoms with E-state index in [9.17, 15) is 13.2 Å². The van der Waals surface area contributed by atoms with Crippen LogP contribution in [-0.4, -0.2) is 45.1 Å². The lowest BCUT2D eigenvalue weighted by Gasteiger charge is -2.16. The quantitative estimate of drug-likeness (QED) is 0.879. The Balaban J connectivity index is 1.91. The second-order valence-corrected chi connectivity index (χ2v) is 6.90. The first-order chi connectivity index (χ1) is 8.88. The molecule has 1 fully saturated rings. The van der Waals surface area contributed by atoms with Gasteiger partial charge in [-0.1, -0.05) is 0 Å². The molecule has 5 nitrogen and oxygen atoms in total. The summed E-state index contributed by atoms with van der Waals surface area (Å²) in [6.45, 7) is 0.227. The van der Waals surface area contributed by atoms with Gasteiger partial charge in [0.15, 0.2) is 9.84 Å². The molecular weight excluding hydrogens is 264 g/mol. The number of carbonyl (C=O) groups is 1. The minimum atomic E-state index is -3.17. The van der Waals surface area contributed by atoms with Crippen molar-refractivity contribution in [2.45, 2.75) is 23.8 Å². The minimum Gasteiger partial charge on any atom is -0.376 e. The Morgan fingerprint density at radius 3 is 2.37 bits per heavy atom. The molecule has 104 valence electrons. The van der Waals surface area contributed by atoms with E-state index in [1.54, 1.807) is 17.0 Å². The maximum atomic E-state index is 11.8. The van der Waals surface area contributed by atoms with Gasteiger partial charge in [0, 0.05) is 25.0 Å². The molecule has 1 aromatic carbocycles. The van der Waals surface area contributed by atoms with Crippen molar-refractivity contribution in [2.24, 2.45) is 0 Å². The molecule has 2 rings (SSSR count). The molecular formula is C13H18N2O3S. The average molecular weight is 282 g/mol. The molecule has 1 aliphatic rings. The Morgan fingerprint density at radius 1 is 1.32 bits per heavy atom. The van der Waals surface area contributed by atoms with E-state index in [1.165, 1.54) is 18.4 Å². The molecule has 0 saturated heterocycles. The summed E-state index contributed by atoms with van der Waals surface area (Å²) in [5, 5.41) is 3.00. The second kappa shape index (κ2) is 5.21. The maximum absolute atomic E-state index is 11.8. The van der Waals surface area contributed by atoms with Crippen LogP contribution < -0.4 is 5.32 Å². The number of hydrogen-bond donors (Lipinski definition) is 1. The zero-order chi connectivity index (χ0) is 14.0. The van der Waals surface area contributed by atoms with Crippen LogP contribution in [0.4, 0.5) is 5.69 Å². The molecule has 1 aliphatic carbocycles. The monoisotopic (exact) mass is 282 g/mol. The zero-order valence-corrected chi connectivity index (χ0v) is 11.9. The first-order valence-electron chi connectivity index (χ1n) is 6.17. The fraction of sp³-hybridized carbons (Fsp3) is 0.462. The van der Waals surface area contributed by atoms with Gasteiger partial charge in [0.2, 0.25) is 5.91 Å². The fourth-order valence-corrected chi connectivity index (χ4v) is 2.42. The van der Waals surface area contributed by atoms with Crippen LogP contribution in [0.3, 0.4) is 0 Å². The fourth-order valence-electron chi connectivity index (χ4n) is 1.79. The summed E-state index contributed by atoms with van der Waals surface area (Å²) in [7, 11) is -1.36. The Morgan fingerprint density at radius 2 is 1.89 bits per heavy atom. The van der Waals surface area contributed by atoms with Crippen molar-refractivity contribution >= 4 is 21.4 Å². The number of amides is 1. The third-order valence-electron chi connectivity index (χ3n) is 3.21. The summed E-state index contributed by atoms with van der Waals surface area (Å²) in [5.41, 5.74) is 0.741. The molecule has 1 saturated carbocycles. The molecule has 0 radical (unpaired) electrons. The van der Waals surface area contributed by atoms with Crippen LogP contribution in [-0.2, 0) is 14.6 Å². The highest BCUT2D eigenvalue weighted by molar-refractivity contribution is 7.90. The smallest absolute Gasteiger partial charge is 0.241 e. The van der Waals surface area contributed by atoms with Gasteiger partial charge in [0.05, 0.1) is 11.4 Å². The van der Waals surface area contributed by atoms with Crippen LogP contribution in [0.25, 0.3) is 0 Å². The maximum Gasteiger partial charge on any atom is 0.241 e. The van der Waals surface area contributed by atoms with Gasteiger partial charge in [-0.15, -0.1) is 0 Å². The third kappa shape index (κ3) is 3.70. The molecule has 0 aromatic heterocycles. The predicted octanol–water partition coefficient (Wildman–Crippen LogP) is 1.12. The van der Waals surface area contributed by atoms with E-state index in [0.29, 0.717) is 6.04 Å². The lowest BCUT2D eigenvalue weighted by molar-refractivity contribution is -0.128. The van der Waals surface area contributed by atoms with Crippen LogP contribution in [0.5, 0.6) is 0 Å². The summed E-state index contributed by atoms with van der Waals surface area (Å²) in [5.74, 6) is 0.0506. The highest BCUT2D eigenvalue weighted by Crippen LogP contribution is 2.25. The van der Waals surface area contributed by atoms with Crippen molar-refractivity contribution in [1.82, 2.24) is 4.90 Å². The van der Waals surface area contributed by atoms with Crippen LogP contribution in [0.1, 0.15) is 12.8 Å². The lowest BCUT2D eigenvalue weighted by atomic mass is 10.3. The molecule has 19 heavy (non-hydrogen) atoms. The van der Waals surface area contributed by atoms with Crippen molar-refractivity contribution in [3.8, 4) is 0 Å². The number of sulfone groups is 1. The van der Waals surface area contributed by atoms with E-state index in [4.69, 9.17) is 0 Å². The molecule has 0 bridgehead atoms. The minimum absolute atomic E-state index is 0.0506. The Bertz CT molecular complexity index is 562. The molecule has 1 aromatic rings. The molecule has 1 N–H and O–H groups in total. The van der Waals surface area contributed by atoms with E-state index in [-0.39, 0.29) is 17.3 Å². The van der Waals surface area contributed by atoms with Gasteiger partial charge >= 0.3 is 0 Å². The molecule has 1 amide bonds. The van der Waals surface area contributed by atoms with Crippen molar-refractivity contribution in [3.05, 3.63) is 24.3 Å². The number of rotatable bonds is 5. The number of hydrogen-bond acceptors (Lipinski definition) is 4. The van der Waals surface area contributed by atoms with E-state index in [1.807, 2.05) is 7.05 Å². The van der Waals surface area contributed by atoms with Crippen LogP contribution in [0, 0.1) is 0 Å². The van der Waals surface area contributed by atoms with Gasteiger partial charge in [-0.05, 0) is 37.1 Å². The molecule has 0 atom stereocenters. The molecule has 0 unspecified atom stereocenters. The number of likely N-dealkylation sites (N-methyl/N-ethyl adjacent to an activating group) is 1. The van der Waals surface area contributed by atoms with E-state index >= 15 is 0 Å². The number of benzene rings is 1. The number of carbonyl (C=O) groups excluding carboxylic acids is 1. The second-order valence-electron chi connectivity index (χ2n) is 4.89. The Kier molecular flexibility index (Phi) is 3.80. The van der Waals surface area contributed by atoms with Gasteiger partial charge in [-0.2, -0.15) is 0 Å². The van der Waals surface area contributed by atoms with Crippen molar-refractivity contribution in [3.63, 3.8) is 0 Å². The van der Waals surface area contributed by atoms with Gasteiger partial charge < -0.3 is 10.2 Å². The Labute approximate surface area is 113 Å². The van der Waals surface area contributed by atoms with Crippen LogP contribution in [0.2, 0.25) is 0 Å². The molecule has 0 spiro atoms. The van der Waals surface area contributed by atoms with Gasteiger partial charge in [-0.25, -0.2) is 8.42 Å². The van der Waals surface area contributed by atoms with E-state index in [0.717, 1.165) is 18.5 Å². The molecule has 0 heterocycles. The van der Waals surface area contributed by atoms with Crippen molar-refractivity contribution < 1.29 is 13.2 Å². The summed E-state index contributed by atoms with van der Waals surface area (Å²) in [6, 6.07) is 6.81. The topological polar surface area (TPSA) is 66.5 Å². The number of nitrogens with one attached hydrogen (secondary N) is 1. The van der Waals surface area contributed by atoms with E-state index in [2.05, 4.69) is 5.32 Å². The average Bonchev–Trinajstić information content (AvgIpc) is 3.18. The summed E-state index contributed by atoms with van der Waals surface area (Å²) in [6.07, 6.45) is 3.35. The van der Waals surface area contributed by atoms with Gasteiger partial charge in [-0.3, -0.25) is 4.79 Å². The summed E-state index contributed by atoms with van der Waals surface area (Å²) < 4.78 is 22.6. The largest absolute Gasteiger partial charge is 0.376 e. The first-order valence-corrected chi connectivity index (χ1v) is 8.07. The van der Waals surface area contributed by atoms with E-state index < -0.39 is 9.84 Å². The third-order valence-corrected chi connectivity index (χ3v) is 4.34. The standard InChI is InChI=1S/C13H18N2O3S/c1-15(11-5-6-11)13(16)9-14-10-3-7-12(8-4-10)19(2,17)18/h3-4,7-8,11,14H,5-6,9H2,1-2H3. The predicted molar refractivity (Wildman–Crippen MR) is 73.8 cm³/mol. The van der Waals surface area contributed by atoms with Gasteiger partial charge in [0.25, 0.3) is 0 Å². The van der Waals surface area contributed by atoms with Gasteiger partial charge in [0.1, 0.15) is 0 Å². The highest BCUT2D eigenvalue weighted by atomic mass is 32.2. The number of nitrogens with zero attached hydrogens (tertiary/aromatic N) is 1. The van der Waals surface area contributed by atoms with Crippen molar-refractivity contribution in [2.75, 3.05) is 25.2 Å². The van der Waals surface area contributed by atoms with Crippen LogP contribution >= 0.6 is 0 Å². The number of anilines is 1. The zero-order valence-electron chi connectivity index (χ0n) is 11.1. The summed E-state index contributed by atoms with van der Waals surface area (Å²) in [4.78, 5) is 13.8. The molecule has 0 aliphatic heterocycles. The normalized spacial score (nSPS) is 15.1. The first kappa shape index (κ1) is 13.9. The van der Waals surface area contributed by atoms with Crippen LogP contribution in [0.15, 0.2) is 29.2 Å². The highest BCUT2D eigenvalue weighted by Gasteiger charge is 2.29. The lowest BCUT2D eigenvalue weighted by Crippen LogP contribution is -2.33. The SMILES string of the molecule is CN(C(=O)CNc1ccc(S(C)(=O)=O)cc1)C1CC1. The molecule has 6 heteroatoms. The summed E-state index contributed by atoms with van der Waals surface area (Å²) >= 11 is 0. The Hall–Kier alpha value is -1.56. The van der Waals surface area contributed by atoms with Crippen molar-refractivity contribution in [1.29, 1.82) is 0 Å².